The van der Waals surface area contributed by atoms with Crippen molar-refractivity contribution in [1.82, 2.24) is 9.97 Å². The summed E-state index contributed by atoms with van der Waals surface area (Å²) in [6, 6.07) is 1.75. The van der Waals surface area contributed by atoms with Gasteiger partial charge in [0.05, 0.1) is 18.8 Å². The van der Waals surface area contributed by atoms with Crippen LogP contribution in [-0.4, -0.2) is 46.0 Å². The molecule has 90 valence electrons. The Kier molecular flexibility index (Phi) is 4.03. The Bertz CT molecular complexity index is 353. The molecule has 0 aliphatic rings. The Morgan fingerprint density at radius 1 is 1.31 bits per heavy atom. The number of hydrogen-bond donors (Lipinski definition) is 4. The fourth-order valence-electron chi connectivity index (χ4n) is 1.18. The van der Waals surface area contributed by atoms with Gasteiger partial charge in [-0.1, -0.05) is 0 Å². The zero-order chi connectivity index (χ0) is 12.2. The molecule has 0 fully saturated rings. The summed E-state index contributed by atoms with van der Waals surface area (Å²) in [7, 11) is 1.73. The molecule has 0 aliphatic carbocycles. The van der Waals surface area contributed by atoms with Crippen molar-refractivity contribution in [3.05, 3.63) is 11.8 Å². The van der Waals surface area contributed by atoms with Crippen LogP contribution in [0.25, 0.3) is 0 Å². The molecule has 0 saturated carbocycles. The van der Waals surface area contributed by atoms with E-state index in [1.807, 2.05) is 6.92 Å². The SMILES string of the molecule is CNc1nc(C)cc(NC(C)(CO)CO)n1. The number of aryl methyl sites for hydroxylation is 1. The molecule has 0 saturated heterocycles. The summed E-state index contributed by atoms with van der Waals surface area (Å²) in [5, 5.41) is 24.1. The fourth-order valence-corrected chi connectivity index (χ4v) is 1.18. The Morgan fingerprint density at radius 3 is 2.44 bits per heavy atom. The van der Waals surface area contributed by atoms with E-state index in [4.69, 9.17) is 10.2 Å². The molecule has 1 aromatic heterocycles. The molecule has 16 heavy (non-hydrogen) atoms. The van der Waals surface area contributed by atoms with Crippen LogP contribution in [-0.2, 0) is 0 Å². The van der Waals surface area contributed by atoms with Crippen LogP contribution in [0.3, 0.4) is 0 Å². The second-order valence-corrected chi connectivity index (χ2v) is 3.97. The maximum atomic E-state index is 9.16. The van der Waals surface area contributed by atoms with E-state index < -0.39 is 5.54 Å². The van der Waals surface area contributed by atoms with E-state index in [2.05, 4.69) is 20.6 Å². The molecule has 6 nitrogen and oxygen atoms in total. The molecule has 0 aromatic carbocycles. The first kappa shape index (κ1) is 12.7. The van der Waals surface area contributed by atoms with Gasteiger partial charge in [-0.15, -0.1) is 0 Å². The number of nitrogens with one attached hydrogen (secondary N) is 2. The summed E-state index contributed by atoms with van der Waals surface area (Å²) < 4.78 is 0. The number of aliphatic hydroxyl groups is 2. The zero-order valence-corrected chi connectivity index (χ0v) is 9.78. The van der Waals surface area contributed by atoms with Gasteiger partial charge in [0.25, 0.3) is 0 Å². The molecule has 0 radical (unpaired) electrons. The second-order valence-electron chi connectivity index (χ2n) is 3.97. The van der Waals surface area contributed by atoms with Crippen LogP contribution in [0.5, 0.6) is 0 Å². The van der Waals surface area contributed by atoms with Gasteiger partial charge in [-0.05, 0) is 13.8 Å². The van der Waals surface area contributed by atoms with Gasteiger partial charge in [-0.25, -0.2) is 4.98 Å². The van der Waals surface area contributed by atoms with Crippen LogP contribution in [0.4, 0.5) is 11.8 Å². The highest BCUT2D eigenvalue weighted by Crippen LogP contribution is 2.15. The first-order valence-corrected chi connectivity index (χ1v) is 5.06. The van der Waals surface area contributed by atoms with Gasteiger partial charge in [-0.3, -0.25) is 0 Å². The number of aromatic nitrogens is 2. The maximum absolute atomic E-state index is 9.16. The molecule has 0 spiro atoms. The van der Waals surface area contributed by atoms with Crippen molar-refractivity contribution < 1.29 is 10.2 Å². The van der Waals surface area contributed by atoms with Gasteiger partial charge < -0.3 is 20.8 Å². The second kappa shape index (κ2) is 5.09. The first-order valence-electron chi connectivity index (χ1n) is 5.06. The molecule has 0 unspecified atom stereocenters. The normalized spacial score (nSPS) is 11.3. The number of aliphatic hydroxyl groups excluding tert-OH is 2. The molecule has 4 N–H and O–H groups in total. The number of anilines is 2. The summed E-state index contributed by atoms with van der Waals surface area (Å²) in [5.41, 5.74) is 0.0197. The van der Waals surface area contributed by atoms with Crippen molar-refractivity contribution in [2.24, 2.45) is 0 Å². The Morgan fingerprint density at radius 2 is 1.94 bits per heavy atom. The quantitative estimate of drug-likeness (QED) is 0.564. The lowest BCUT2D eigenvalue weighted by molar-refractivity contribution is 0.147. The lowest BCUT2D eigenvalue weighted by atomic mass is 10.1. The highest BCUT2D eigenvalue weighted by molar-refractivity contribution is 5.43. The van der Waals surface area contributed by atoms with Crippen LogP contribution < -0.4 is 10.6 Å². The number of hydrogen-bond acceptors (Lipinski definition) is 6. The summed E-state index contributed by atoms with van der Waals surface area (Å²) in [4.78, 5) is 8.32. The monoisotopic (exact) mass is 226 g/mol. The van der Waals surface area contributed by atoms with Crippen LogP contribution in [0.1, 0.15) is 12.6 Å². The van der Waals surface area contributed by atoms with Crippen molar-refractivity contribution in [3.63, 3.8) is 0 Å². The maximum Gasteiger partial charge on any atom is 0.224 e. The van der Waals surface area contributed by atoms with E-state index in [1.54, 1.807) is 20.0 Å². The Balaban J connectivity index is 2.92. The van der Waals surface area contributed by atoms with Gasteiger partial charge in [0.1, 0.15) is 5.82 Å². The lowest BCUT2D eigenvalue weighted by Gasteiger charge is -2.26. The lowest BCUT2D eigenvalue weighted by Crippen LogP contribution is -2.42. The standard InChI is InChI=1S/C10H18N4O2/c1-7-4-8(13-9(11-3)12-7)14-10(2,5-15)6-16/h4,15-16H,5-6H2,1-3H3,(H2,11,12,13,14). The smallest absolute Gasteiger partial charge is 0.224 e. The Hall–Kier alpha value is -1.40. The predicted octanol–water partition coefficient (Wildman–Crippen LogP) is -0.0181. The Labute approximate surface area is 94.7 Å². The average molecular weight is 226 g/mol. The van der Waals surface area contributed by atoms with Gasteiger partial charge in [0, 0.05) is 18.8 Å². The summed E-state index contributed by atoms with van der Waals surface area (Å²) >= 11 is 0. The minimum atomic E-state index is -0.786. The van der Waals surface area contributed by atoms with Gasteiger partial charge in [0.2, 0.25) is 5.95 Å². The van der Waals surface area contributed by atoms with Crippen molar-refractivity contribution in [1.29, 1.82) is 0 Å². The minimum Gasteiger partial charge on any atom is -0.394 e. The minimum absolute atomic E-state index is 0.179. The fraction of sp³-hybridized carbons (Fsp3) is 0.600. The first-order chi connectivity index (χ1) is 7.53. The number of nitrogens with zero attached hydrogens (tertiary/aromatic N) is 2. The molecule has 0 bridgehead atoms. The van der Waals surface area contributed by atoms with Crippen LogP contribution in [0, 0.1) is 6.92 Å². The van der Waals surface area contributed by atoms with E-state index in [-0.39, 0.29) is 13.2 Å². The molecule has 0 aliphatic heterocycles. The molecule has 1 aromatic rings. The van der Waals surface area contributed by atoms with Crippen molar-refractivity contribution in [2.45, 2.75) is 19.4 Å². The van der Waals surface area contributed by atoms with Crippen molar-refractivity contribution in [2.75, 3.05) is 30.9 Å². The molecule has 1 rings (SSSR count). The van der Waals surface area contributed by atoms with E-state index >= 15 is 0 Å². The van der Waals surface area contributed by atoms with Crippen molar-refractivity contribution >= 4 is 11.8 Å². The van der Waals surface area contributed by atoms with Crippen molar-refractivity contribution in [3.8, 4) is 0 Å². The topological polar surface area (TPSA) is 90.3 Å². The van der Waals surface area contributed by atoms with Crippen LogP contribution in [0.15, 0.2) is 6.07 Å². The van der Waals surface area contributed by atoms with E-state index in [0.717, 1.165) is 5.69 Å². The molecule has 0 amide bonds. The molecular weight excluding hydrogens is 208 g/mol. The average Bonchev–Trinajstić information content (AvgIpc) is 2.28. The summed E-state index contributed by atoms with van der Waals surface area (Å²) in [6.45, 7) is 3.20. The third-order valence-corrected chi connectivity index (χ3v) is 2.21. The van der Waals surface area contributed by atoms with E-state index in [1.165, 1.54) is 0 Å². The number of rotatable bonds is 5. The highest BCUT2D eigenvalue weighted by Gasteiger charge is 2.22. The van der Waals surface area contributed by atoms with Crippen LogP contribution in [0.2, 0.25) is 0 Å². The third kappa shape index (κ3) is 3.04. The van der Waals surface area contributed by atoms with E-state index in [9.17, 15) is 0 Å². The molecular formula is C10H18N4O2. The highest BCUT2D eigenvalue weighted by atomic mass is 16.3. The molecule has 1 heterocycles. The van der Waals surface area contributed by atoms with Gasteiger partial charge in [-0.2, -0.15) is 4.98 Å². The third-order valence-electron chi connectivity index (χ3n) is 2.21. The summed E-state index contributed by atoms with van der Waals surface area (Å²) in [5.74, 6) is 1.07. The van der Waals surface area contributed by atoms with E-state index in [0.29, 0.717) is 11.8 Å². The zero-order valence-electron chi connectivity index (χ0n) is 9.78. The predicted molar refractivity (Wildman–Crippen MR) is 62.5 cm³/mol. The van der Waals surface area contributed by atoms with Gasteiger partial charge in [0.15, 0.2) is 0 Å². The summed E-state index contributed by atoms with van der Waals surface area (Å²) in [6.07, 6.45) is 0. The molecule has 0 atom stereocenters. The van der Waals surface area contributed by atoms with Crippen LogP contribution >= 0.6 is 0 Å². The largest absolute Gasteiger partial charge is 0.394 e. The molecule has 6 heteroatoms. The van der Waals surface area contributed by atoms with Gasteiger partial charge >= 0.3 is 0 Å².